The molecule has 4 rings (SSSR count). The van der Waals surface area contributed by atoms with Gasteiger partial charge in [0.15, 0.2) is 0 Å². The number of hydrogen-bond donors (Lipinski definition) is 1. The van der Waals surface area contributed by atoms with Crippen molar-refractivity contribution in [3.8, 4) is 0 Å². The van der Waals surface area contributed by atoms with Crippen molar-refractivity contribution in [1.82, 2.24) is 4.90 Å². The molecule has 2 N–H and O–H groups in total. The van der Waals surface area contributed by atoms with Crippen LogP contribution in [0.25, 0.3) is 0 Å². The number of carbonyl (C=O) groups excluding carboxylic acids is 2. The zero-order chi connectivity index (χ0) is 15.3. The SMILES string of the molecule is NC1[C@@H]2CC[C@H]1CN(C(=O)[C@H]1CC(=O)OC13CCCCC3)C2. The average molecular weight is 306 g/mol. The summed E-state index contributed by atoms with van der Waals surface area (Å²) in [5.41, 5.74) is 5.75. The summed E-state index contributed by atoms with van der Waals surface area (Å²) in [6, 6.07) is 0.258. The smallest absolute Gasteiger partial charge is 0.307 e. The van der Waals surface area contributed by atoms with Crippen molar-refractivity contribution < 1.29 is 14.3 Å². The van der Waals surface area contributed by atoms with Crippen LogP contribution in [0.4, 0.5) is 0 Å². The molecule has 0 aromatic carbocycles. The Morgan fingerprint density at radius 3 is 2.41 bits per heavy atom. The minimum atomic E-state index is -0.495. The number of piperidine rings is 1. The second-order valence-electron chi connectivity index (χ2n) is 7.77. The Kier molecular flexibility index (Phi) is 3.44. The molecule has 4 atom stereocenters. The molecule has 5 heteroatoms. The van der Waals surface area contributed by atoms with Crippen LogP contribution >= 0.6 is 0 Å². The van der Waals surface area contributed by atoms with Gasteiger partial charge in [-0.05, 0) is 50.4 Å². The summed E-state index contributed by atoms with van der Waals surface area (Å²) < 4.78 is 5.69. The predicted octanol–water partition coefficient (Wildman–Crippen LogP) is 1.45. The highest BCUT2D eigenvalue weighted by Crippen LogP contribution is 2.46. The van der Waals surface area contributed by atoms with Crippen LogP contribution < -0.4 is 5.73 Å². The van der Waals surface area contributed by atoms with E-state index < -0.39 is 5.60 Å². The molecule has 2 aliphatic heterocycles. The van der Waals surface area contributed by atoms with Gasteiger partial charge in [-0.25, -0.2) is 0 Å². The minimum Gasteiger partial charge on any atom is -0.458 e. The molecule has 2 saturated heterocycles. The van der Waals surface area contributed by atoms with E-state index in [1.807, 2.05) is 4.90 Å². The zero-order valence-electron chi connectivity index (χ0n) is 13.1. The Labute approximate surface area is 131 Å². The first kappa shape index (κ1) is 14.5. The molecule has 2 bridgehead atoms. The summed E-state index contributed by atoms with van der Waals surface area (Å²) in [6.45, 7) is 1.55. The van der Waals surface area contributed by atoms with Gasteiger partial charge in [0.05, 0.1) is 12.3 Å². The first-order chi connectivity index (χ1) is 10.6. The summed E-state index contributed by atoms with van der Waals surface area (Å²) in [5, 5.41) is 0. The largest absolute Gasteiger partial charge is 0.458 e. The molecule has 1 amide bonds. The van der Waals surface area contributed by atoms with E-state index >= 15 is 0 Å². The molecule has 4 fully saturated rings. The van der Waals surface area contributed by atoms with Gasteiger partial charge in [0.1, 0.15) is 5.60 Å². The van der Waals surface area contributed by atoms with E-state index in [0.29, 0.717) is 11.8 Å². The Balaban J connectivity index is 1.53. The van der Waals surface area contributed by atoms with Gasteiger partial charge in [0.25, 0.3) is 0 Å². The van der Waals surface area contributed by atoms with Crippen LogP contribution in [0.1, 0.15) is 51.4 Å². The van der Waals surface area contributed by atoms with Crippen LogP contribution in [0.2, 0.25) is 0 Å². The van der Waals surface area contributed by atoms with Crippen molar-refractivity contribution in [3.05, 3.63) is 0 Å². The van der Waals surface area contributed by atoms with E-state index in [1.165, 1.54) is 6.42 Å². The van der Waals surface area contributed by atoms with Crippen LogP contribution in [-0.2, 0) is 14.3 Å². The zero-order valence-corrected chi connectivity index (χ0v) is 13.1. The molecule has 122 valence electrons. The van der Waals surface area contributed by atoms with Crippen molar-refractivity contribution in [3.63, 3.8) is 0 Å². The number of nitrogens with zero attached hydrogens (tertiary/aromatic N) is 1. The molecular weight excluding hydrogens is 280 g/mol. The number of rotatable bonds is 1. The number of ether oxygens (including phenoxy) is 1. The molecule has 4 aliphatic rings. The standard InChI is InChI=1S/C17H26N2O3/c18-15-11-4-5-12(15)10-19(9-11)16(21)13-8-14(20)22-17(13)6-2-1-3-7-17/h11-13,15H,1-10,18H2/t11-,12+,13-,15?/m1/s1. The number of fused-ring (bicyclic) bond motifs is 2. The number of hydrogen-bond acceptors (Lipinski definition) is 4. The Bertz CT molecular complexity index is 472. The summed E-state index contributed by atoms with van der Waals surface area (Å²) in [4.78, 5) is 27.0. The molecule has 5 nitrogen and oxygen atoms in total. The fourth-order valence-electron chi connectivity index (χ4n) is 5.27. The van der Waals surface area contributed by atoms with Crippen molar-refractivity contribution in [2.24, 2.45) is 23.5 Å². The Morgan fingerprint density at radius 2 is 1.77 bits per heavy atom. The number of likely N-dealkylation sites (tertiary alicyclic amines) is 1. The highest BCUT2D eigenvalue weighted by molar-refractivity contribution is 5.88. The van der Waals surface area contributed by atoms with Gasteiger partial charge >= 0.3 is 5.97 Å². The molecule has 2 aliphatic carbocycles. The number of amides is 1. The number of esters is 1. The van der Waals surface area contributed by atoms with Gasteiger partial charge in [0.2, 0.25) is 5.91 Å². The maximum atomic E-state index is 13.1. The van der Waals surface area contributed by atoms with Crippen LogP contribution in [0.5, 0.6) is 0 Å². The highest BCUT2D eigenvalue weighted by Gasteiger charge is 2.55. The average Bonchev–Trinajstić information content (AvgIpc) is 2.91. The van der Waals surface area contributed by atoms with E-state index in [0.717, 1.165) is 51.6 Å². The topological polar surface area (TPSA) is 72.6 Å². The van der Waals surface area contributed by atoms with Gasteiger partial charge in [-0.1, -0.05) is 6.42 Å². The van der Waals surface area contributed by atoms with Crippen LogP contribution in [0.15, 0.2) is 0 Å². The summed E-state index contributed by atoms with van der Waals surface area (Å²) in [5.74, 6) is 0.605. The maximum Gasteiger partial charge on any atom is 0.307 e. The third kappa shape index (κ3) is 2.16. The van der Waals surface area contributed by atoms with E-state index in [-0.39, 0.29) is 30.3 Å². The highest BCUT2D eigenvalue weighted by atomic mass is 16.6. The normalized spacial score (nSPS) is 40.0. The van der Waals surface area contributed by atoms with Crippen molar-refractivity contribution in [2.75, 3.05) is 13.1 Å². The van der Waals surface area contributed by atoms with Crippen molar-refractivity contribution >= 4 is 11.9 Å². The second kappa shape index (κ2) is 5.22. The van der Waals surface area contributed by atoms with E-state index in [9.17, 15) is 9.59 Å². The molecule has 0 aromatic rings. The lowest BCUT2D eigenvalue weighted by Gasteiger charge is -2.41. The fourth-order valence-corrected chi connectivity index (χ4v) is 5.27. The van der Waals surface area contributed by atoms with Gasteiger partial charge in [-0.3, -0.25) is 9.59 Å². The van der Waals surface area contributed by atoms with Gasteiger partial charge in [-0.15, -0.1) is 0 Å². The molecule has 0 aromatic heterocycles. The quantitative estimate of drug-likeness (QED) is 0.744. The minimum absolute atomic E-state index is 0.150. The molecule has 0 radical (unpaired) electrons. The summed E-state index contributed by atoms with van der Waals surface area (Å²) in [6.07, 6.45) is 7.58. The van der Waals surface area contributed by atoms with E-state index in [2.05, 4.69) is 0 Å². The Morgan fingerprint density at radius 1 is 1.14 bits per heavy atom. The molecule has 1 unspecified atom stereocenters. The van der Waals surface area contributed by atoms with Crippen molar-refractivity contribution in [1.29, 1.82) is 0 Å². The monoisotopic (exact) mass is 306 g/mol. The first-order valence-corrected chi connectivity index (χ1v) is 8.85. The van der Waals surface area contributed by atoms with Crippen LogP contribution in [0, 0.1) is 17.8 Å². The van der Waals surface area contributed by atoms with E-state index in [4.69, 9.17) is 10.5 Å². The molecular formula is C17H26N2O3. The molecule has 22 heavy (non-hydrogen) atoms. The Hall–Kier alpha value is -1.10. The predicted molar refractivity (Wildman–Crippen MR) is 80.8 cm³/mol. The number of carbonyl (C=O) groups is 2. The third-order valence-corrected chi connectivity index (χ3v) is 6.54. The number of nitrogens with two attached hydrogens (primary N) is 1. The van der Waals surface area contributed by atoms with Gasteiger partial charge in [-0.2, -0.15) is 0 Å². The summed E-state index contributed by atoms with van der Waals surface area (Å²) >= 11 is 0. The fraction of sp³-hybridized carbons (Fsp3) is 0.882. The van der Waals surface area contributed by atoms with Crippen molar-refractivity contribution in [2.45, 2.75) is 63.0 Å². The lowest BCUT2D eigenvalue weighted by Crippen LogP contribution is -2.54. The lowest BCUT2D eigenvalue weighted by molar-refractivity contribution is -0.156. The maximum absolute atomic E-state index is 13.1. The van der Waals surface area contributed by atoms with Gasteiger partial charge in [0, 0.05) is 19.1 Å². The molecule has 2 heterocycles. The van der Waals surface area contributed by atoms with Gasteiger partial charge < -0.3 is 15.4 Å². The lowest BCUT2D eigenvalue weighted by atomic mass is 9.75. The third-order valence-electron chi connectivity index (χ3n) is 6.54. The summed E-state index contributed by atoms with van der Waals surface area (Å²) in [7, 11) is 0. The van der Waals surface area contributed by atoms with Crippen LogP contribution in [-0.4, -0.2) is 41.5 Å². The molecule has 2 saturated carbocycles. The first-order valence-electron chi connectivity index (χ1n) is 8.85. The van der Waals surface area contributed by atoms with Crippen LogP contribution in [0.3, 0.4) is 0 Å². The second-order valence-corrected chi connectivity index (χ2v) is 7.77. The van der Waals surface area contributed by atoms with E-state index in [1.54, 1.807) is 0 Å². The molecule has 1 spiro atoms.